The van der Waals surface area contributed by atoms with E-state index in [4.69, 9.17) is 17.3 Å². The van der Waals surface area contributed by atoms with Crippen molar-refractivity contribution in [2.75, 3.05) is 6.54 Å². The predicted octanol–water partition coefficient (Wildman–Crippen LogP) is 4.69. The Morgan fingerprint density at radius 1 is 1.12 bits per heavy atom. The normalized spacial score (nSPS) is 16.0. The van der Waals surface area contributed by atoms with E-state index in [0.29, 0.717) is 22.2 Å². The Kier molecular flexibility index (Phi) is 6.06. The number of nitrogens with zero attached hydrogens (tertiary/aromatic N) is 1. The van der Waals surface area contributed by atoms with E-state index in [1.165, 1.54) is 17.1 Å². The van der Waals surface area contributed by atoms with Crippen LogP contribution in [0.3, 0.4) is 0 Å². The van der Waals surface area contributed by atoms with E-state index in [-0.39, 0.29) is 12.3 Å². The van der Waals surface area contributed by atoms with E-state index >= 15 is 0 Å². The van der Waals surface area contributed by atoms with Gasteiger partial charge in [-0.15, -0.1) is 0 Å². The zero-order valence-corrected chi connectivity index (χ0v) is 15.8. The summed E-state index contributed by atoms with van der Waals surface area (Å²) in [7, 11) is 0. The van der Waals surface area contributed by atoms with Crippen molar-refractivity contribution < 1.29 is 14.7 Å². The minimum atomic E-state index is -0.783. The zero-order valence-electron chi connectivity index (χ0n) is 14.2. The van der Waals surface area contributed by atoms with Crippen molar-refractivity contribution in [3.8, 4) is 0 Å². The number of fused-ring (bicyclic) bond motifs is 1. The zero-order chi connectivity index (χ0) is 18.5. The van der Waals surface area contributed by atoms with Crippen molar-refractivity contribution in [2.45, 2.75) is 25.7 Å². The number of carbonyl (C=O) groups excluding carboxylic acids is 1. The molecular weight excluding hydrogens is 366 g/mol. The number of carbonyl (C=O) groups is 2. The summed E-state index contributed by atoms with van der Waals surface area (Å²) in [6.45, 7) is 0.541. The Hall–Kier alpha value is -2.18. The lowest BCUT2D eigenvalue weighted by Crippen LogP contribution is -2.29. The van der Waals surface area contributed by atoms with Crippen molar-refractivity contribution in [3.05, 3.63) is 52.9 Å². The Bertz CT molecular complexity index is 892. The summed E-state index contributed by atoms with van der Waals surface area (Å²) < 4.78 is 0.570. The third-order valence-corrected chi connectivity index (χ3v) is 5.60. The maximum Gasteiger partial charge on any atom is 0.303 e. The fraction of sp³-hybridized carbons (Fsp3) is 0.250. The third-order valence-electron chi connectivity index (χ3n) is 4.22. The summed E-state index contributed by atoms with van der Waals surface area (Å²) in [5.74, 6) is -0.847. The van der Waals surface area contributed by atoms with Crippen LogP contribution in [-0.2, 0) is 9.59 Å². The maximum atomic E-state index is 12.6. The van der Waals surface area contributed by atoms with Gasteiger partial charge in [-0.3, -0.25) is 14.5 Å². The van der Waals surface area contributed by atoms with Crippen molar-refractivity contribution in [1.82, 2.24) is 4.90 Å². The molecule has 0 aliphatic carbocycles. The summed E-state index contributed by atoms with van der Waals surface area (Å²) >= 11 is 6.67. The largest absolute Gasteiger partial charge is 0.481 e. The monoisotopic (exact) mass is 385 g/mol. The number of hydrogen-bond acceptors (Lipinski definition) is 4. The van der Waals surface area contributed by atoms with Gasteiger partial charge in [-0.1, -0.05) is 66.8 Å². The molecule has 1 fully saturated rings. The topological polar surface area (TPSA) is 57.6 Å². The number of benzene rings is 2. The minimum Gasteiger partial charge on any atom is -0.481 e. The number of rotatable bonds is 7. The van der Waals surface area contributed by atoms with E-state index in [1.807, 2.05) is 30.3 Å². The van der Waals surface area contributed by atoms with Crippen LogP contribution in [0.2, 0.25) is 0 Å². The fourth-order valence-electron chi connectivity index (χ4n) is 2.86. The highest BCUT2D eigenvalue weighted by molar-refractivity contribution is 8.26. The number of amides is 1. The molecule has 0 unspecified atom stereocenters. The number of thioether (sulfide) groups is 1. The first-order valence-electron chi connectivity index (χ1n) is 8.50. The molecular formula is C20H19NO3S2. The van der Waals surface area contributed by atoms with Crippen LogP contribution in [0.15, 0.2) is 47.4 Å². The molecule has 6 heteroatoms. The molecule has 26 heavy (non-hydrogen) atoms. The van der Waals surface area contributed by atoms with Crippen LogP contribution in [-0.4, -0.2) is 32.7 Å². The first kappa shape index (κ1) is 18.6. The quantitative estimate of drug-likeness (QED) is 0.426. The Labute approximate surface area is 161 Å². The number of thiocarbonyl (C=S) groups is 1. The lowest BCUT2D eigenvalue weighted by molar-refractivity contribution is -0.137. The summed E-state index contributed by atoms with van der Waals surface area (Å²) in [5.41, 5.74) is 0.977. The molecule has 0 spiro atoms. The standard InChI is InChI=1S/C20H19NO3S2/c22-18(23)8-2-1-5-11-21-19(24)17(26-20(21)25)13-14-9-10-15-6-3-4-7-16(15)12-14/h3-4,6-7,9-10,12-13H,1-2,5,8,11H2,(H,22,23)/b17-13+. The smallest absolute Gasteiger partial charge is 0.303 e. The van der Waals surface area contributed by atoms with Crippen molar-refractivity contribution in [3.63, 3.8) is 0 Å². The lowest BCUT2D eigenvalue weighted by Gasteiger charge is -2.13. The molecule has 1 amide bonds. The Morgan fingerprint density at radius 2 is 1.88 bits per heavy atom. The molecule has 0 aromatic heterocycles. The highest BCUT2D eigenvalue weighted by atomic mass is 32.2. The van der Waals surface area contributed by atoms with Gasteiger partial charge in [0.05, 0.1) is 4.91 Å². The molecule has 0 atom stereocenters. The number of carboxylic acids is 1. The van der Waals surface area contributed by atoms with Gasteiger partial charge in [0.25, 0.3) is 5.91 Å². The highest BCUT2D eigenvalue weighted by Crippen LogP contribution is 2.33. The lowest BCUT2D eigenvalue weighted by atomic mass is 10.1. The second-order valence-corrected chi connectivity index (χ2v) is 7.82. The number of aliphatic carboxylic acids is 1. The molecule has 1 N–H and O–H groups in total. The van der Waals surface area contributed by atoms with Crippen molar-refractivity contribution in [1.29, 1.82) is 0 Å². The first-order valence-corrected chi connectivity index (χ1v) is 9.73. The number of hydrogen-bond donors (Lipinski definition) is 1. The number of carboxylic acid groups (broad SMARTS) is 1. The van der Waals surface area contributed by atoms with Gasteiger partial charge >= 0.3 is 5.97 Å². The SMILES string of the molecule is O=C(O)CCCCCN1C(=O)/C(=C\c2ccc3ccccc3c2)SC1=S. The Balaban J connectivity index is 1.65. The molecule has 4 nitrogen and oxygen atoms in total. The average Bonchev–Trinajstić information content (AvgIpc) is 2.88. The van der Waals surface area contributed by atoms with Crippen molar-refractivity contribution >= 4 is 57.0 Å². The van der Waals surface area contributed by atoms with Gasteiger partial charge in [0, 0.05) is 13.0 Å². The summed E-state index contributed by atoms with van der Waals surface area (Å²) in [6, 6.07) is 14.2. The summed E-state index contributed by atoms with van der Waals surface area (Å²) in [4.78, 5) is 25.4. The maximum absolute atomic E-state index is 12.6. The van der Waals surface area contributed by atoms with Crippen LogP contribution in [0.1, 0.15) is 31.2 Å². The van der Waals surface area contributed by atoms with E-state index in [0.717, 1.165) is 23.8 Å². The highest BCUT2D eigenvalue weighted by Gasteiger charge is 2.31. The van der Waals surface area contributed by atoms with Gasteiger partial charge in [0.1, 0.15) is 4.32 Å². The van der Waals surface area contributed by atoms with Gasteiger partial charge < -0.3 is 5.11 Å². The number of unbranched alkanes of at least 4 members (excludes halogenated alkanes) is 2. The average molecular weight is 386 g/mol. The van der Waals surface area contributed by atoms with Gasteiger partial charge in [-0.2, -0.15) is 0 Å². The van der Waals surface area contributed by atoms with Crippen LogP contribution in [0, 0.1) is 0 Å². The fourth-order valence-corrected chi connectivity index (χ4v) is 4.17. The molecule has 1 saturated heterocycles. The van der Waals surface area contributed by atoms with Crippen LogP contribution in [0.4, 0.5) is 0 Å². The van der Waals surface area contributed by atoms with Gasteiger partial charge in [0.2, 0.25) is 0 Å². The van der Waals surface area contributed by atoms with Gasteiger partial charge in [-0.25, -0.2) is 0 Å². The molecule has 1 heterocycles. The first-order chi connectivity index (χ1) is 12.5. The predicted molar refractivity (Wildman–Crippen MR) is 110 cm³/mol. The molecule has 1 aliphatic rings. The molecule has 0 saturated carbocycles. The third kappa shape index (κ3) is 4.51. The van der Waals surface area contributed by atoms with Gasteiger partial charge in [0.15, 0.2) is 0 Å². The molecule has 0 bridgehead atoms. The second kappa shape index (κ2) is 8.47. The summed E-state index contributed by atoms with van der Waals surface area (Å²) in [6.07, 6.45) is 4.20. The minimum absolute atomic E-state index is 0.0635. The van der Waals surface area contributed by atoms with Crippen LogP contribution in [0.5, 0.6) is 0 Å². The van der Waals surface area contributed by atoms with Crippen LogP contribution < -0.4 is 0 Å². The van der Waals surface area contributed by atoms with E-state index < -0.39 is 5.97 Å². The summed E-state index contributed by atoms with van der Waals surface area (Å²) in [5, 5.41) is 11.0. The van der Waals surface area contributed by atoms with Gasteiger partial charge in [-0.05, 0) is 41.3 Å². The molecule has 0 radical (unpaired) electrons. The molecule has 1 aliphatic heterocycles. The second-order valence-electron chi connectivity index (χ2n) is 6.14. The van der Waals surface area contributed by atoms with E-state index in [1.54, 1.807) is 4.90 Å². The molecule has 2 aromatic rings. The molecule has 3 rings (SSSR count). The van der Waals surface area contributed by atoms with E-state index in [2.05, 4.69) is 18.2 Å². The molecule has 134 valence electrons. The van der Waals surface area contributed by atoms with E-state index in [9.17, 15) is 9.59 Å². The van der Waals surface area contributed by atoms with Crippen molar-refractivity contribution in [2.24, 2.45) is 0 Å². The van der Waals surface area contributed by atoms with Crippen LogP contribution in [0.25, 0.3) is 16.8 Å². The Morgan fingerprint density at radius 3 is 2.65 bits per heavy atom. The van der Waals surface area contributed by atoms with Crippen LogP contribution >= 0.6 is 24.0 Å². The molecule has 2 aromatic carbocycles.